The minimum atomic E-state index is -0.822. The van der Waals surface area contributed by atoms with Crippen molar-refractivity contribution in [3.63, 3.8) is 0 Å². The number of aryl methyl sites for hydroxylation is 1. The van der Waals surface area contributed by atoms with Crippen LogP contribution in [0.3, 0.4) is 0 Å². The summed E-state index contributed by atoms with van der Waals surface area (Å²) in [6, 6.07) is 1.79. The Labute approximate surface area is 132 Å². The van der Waals surface area contributed by atoms with E-state index in [2.05, 4.69) is 12.2 Å². The molecule has 0 saturated carbocycles. The van der Waals surface area contributed by atoms with Crippen LogP contribution in [0.4, 0.5) is 0 Å². The smallest absolute Gasteiger partial charge is 0.345 e. The quantitative estimate of drug-likeness (QED) is 0.535. The number of carboxylic acid groups (broad SMARTS) is 1. The van der Waals surface area contributed by atoms with Crippen molar-refractivity contribution in [2.24, 2.45) is 0 Å². The number of carboxylic acids is 1. The van der Waals surface area contributed by atoms with Gasteiger partial charge in [0.2, 0.25) is 0 Å². The molecule has 1 aromatic heterocycles. The standard InChI is InChI=1S/C17H29NO2S/c1-3-4-5-6-7-8-9-10-11-18-13-15-12-16(17(19)20)21-14(15)2/h12,18H,3-11,13H2,1-2H3,(H,19,20). The van der Waals surface area contributed by atoms with Crippen LogP contribution in [0, 0.1) is 6.92 Å². The van der Waals surface area contributed by atoms with E-state index < -0.39 is 5.97 Å². The molecule has 0 fully saturated rings. The molecular formula is C17H29NO2S. The van der Waals surface area contributed by atoms with E-state index in [1.54, 1.807) is 6.07 Å². The highest BCUT2D eigenvalue weighted by atomic mass is 32.1. The molecule has 1 heterocycles. The van der Waals surface area contributed by atoms with Gasteiger partial charge in [0.25, 0.3) is 0 Å². The summed E-state index contributed by atoms with van der Waals surface area (Å²) in [6.45, 7) is 6.05. The van der Waals surface area contributed by atoms with Crippen molar-refractivity contribution in [3.8, 4) is 0 Å². The summed E-state index contributed by atoms with van der Waals surface area (Å²) < 4.78 is 0. The second-order valence-electron chi connectivity index (χ2n) is 5.65. The highest BCUT2D eigenvalue weighted by molar-refractivity contribution is 7.14. The molecule has 0 saturated heterocycles. The van der Waals surface area contributed by atoms with Gasteiger partial charge >= 0.3 is 5.97 Å². The number of rotatable bonds is 12. The summed E-state index contributed by atoms with van der Waals surface area (Å²) in [5.74, 6) is -0.822. The number of nitrogens with one attached hydrogen (secondary N) is 1. The first-order valence-corrected chi connectivity index (χ1v) is 9.00. The molecule has 0 spiro atoms. The Kier molecular flexibility index (Phi) is 9.35. The molecule has 4 heteroatoms. The molecule has 21 heavy (non-hydrogen) atoms. The third kappa shape index (κ3) is 7.63. The minimum absolute atomic E-state index is 0.441. The maximum atomic E-state index is 10.9. The zero-order valence-electron chi connectivity index (χ0n) is 13.4. The average molecular weight is 311 g/mol. The lowest BCUT2D eigenvalue weighted by Crippen LogP contribution is -2.14. The number of aromatic carboxylic acids is 1. The normalized spacial score (nSPS) is 11.0. The molecule has 1 rings (SSSR count). The average Bonchev–Trinajstić information content (AvgIpc) is 2.82. The van der Waals surface area contributed by atoms with Crippen molar-refractivity contribution in [2.75, 3.05) is 6.54 Å². The highest BCUT2D eigenvalue weighted by Crippen LogP contribution is 2.21. The van der Waals surface area contributed by atoms with Gasteiger partial charge in [-0.15, -0.1) is 11.3 Å². The number of hydrogen-bond acceptors (Lipinski definition) is 3. The summed E-state index contributed by atoms with van der Waals surface area (Å²) in [4.78, 5) is 12.4. The predicted octanol–water partition coefficient (Wildman–Crippen LogP) is 4.99. The molecule has 0 bridgehead atoms. The molecule has 0 aromatic carbocycles. The summed E-state index contributed by atoms with van der Waals surface area (Å²) in [5, 5.41) is 12.4. The minimum Gasteiger partial charge on any atom is -0.477 e. The van der Waals surface area contributed by atoms with Crippen LogP contribution in [-0.2, 0) is 6.54 Å². The number of thiophene rings is 1. The largest absolute Gasteiger partial charge is 0.477 e. The van der Waals surface area contributed by atoms with Gasteiger partial charge < -0.3 is 10.4 Å². The van der Waals surface area contributed by atoms with Crippen LogP contribution in [0.5, 0.6) is 0 Å². The van der Waals surface area contributed by atoms with Gasteiger partial charge in [0.05, 0.1) is 0 Å². The first-order valence-electron chi connectivity index (χ1n) is 8.18. The first-order chi connectivity index (χ1) is 10.1. The van der Waals surface area contributed by atoms with Crippen LogP contribution in [0.15, 0.2) is 6.07 Å². The van der Waals surface area contributed by atoms with Gasteiger partial charge in [-0.05, 0) is 31.5 Å². The molecule has 0 radical (unpaired) electrons. The van der Waals surface area contributed by atoms with Gasteiger partial charge in [0.1, 0.15) is 4.88 Å². The van der Waals surface area contributed by atoms with Crippen molar-refractivity contribution in [2.45, 2.75) is 71.8 Å². The van der Waals surface area contributed by atoms with Gasteiger partial charge in [-0.1, -0.05) is 51.9 Å². The van der Waals surface area contributed by atoms with Gasteiger partial charge in [-0.3, -0.25) is 0 Å². The second-order valence-corrected chi connectivity index (χ2v) is 6.91. The fraction of sp³-hybridized carbons (Fsp3) is 0.706. The zero-order valence-corrected chi connectivity index (χ0v) is 14.2. The maximum absolute atomic E-state index is 10.9. The van der Waals surface area contributed by atoms with Gasteiger partial charge in [0, 0.05) is 11.4 Å². The first kappa shape index (κ1) is 18.2. The van der Waals surface area contributed by atoms with Crippen LogP contribution in [-0.4, -0.2) is 17.6 Å². The molecule has 0 atom stereocenters. The number of carbonyl (C=O) groups is 1. The zero-order chi connectivity index (χ0) is 15.5. The van der Waals surface area contributed by atoms with Crippen molar-refractivity contribution in [3.05, 3.63) is 21.4 Å². The van der Waals surface area contributed by atoms with Crippen molar-refractivity contribution in [1.82, 2.24) is 5.32 Å². The summed E-state index contributed by atoms with van der Waals surface area (Å²) in [6.07, 6.45) is 10.7. The Balaban J connectivity index is 2.03. The van der Waals surface area contributed by atoms with Crippen LogP contribution in [0.25, 0.3) is 0 Å². The Morgan fingerprint density at radius 1 is 1.14 bits per heavy atom. The SMILES string of the molecule is CCCCCCCCCCNCc1cc(C(=O)O)sc1C. The van der Waals surface area contributed by atoms with Crippen molar-refractivity contribution in [1.29, 1.82) is 0 Å². The monoisotopic (exact) mass is 311 g/mol. The van der Waals surface area contributed by atoms with E-state index in [-0.39, 0.29) is 0 Å². The second kappa shape index (κ2) is 10.8. The Hall–Kier alpha value is -0.870. The van der Waals surface area contributed by atoms with E-state index in [1.165, 1.54) is 62.7 Å². The molecule has 0 aliphatic heterocycles. The van der Waals surface area contributed by atoms with E-state index in [4.69, 9.17) is 5.11 Å². The lowest BCUT2D eigenvalue weighted by molar-refractivity contribution is 0.0702. The van der Waals surface area contributed by atoms with Crippen LogP contribution >= 0.6 is 11.3 Å². The van der Waals surface area contributed by atoms with Crippen LogP contribution in [0.2, 0.25) is 0 Å². The summed E-state index contributed by atoms with van der Waals surface area (Å²) in [7, 11) is 0. The maximum Gasteiger partial charge on any atom is 0.345 e. The fourth-order valence-electron chi connectivity index (χ4n) is 2.41. The fourth-order valence-corrected chi connectivity index (χ4v) is 3.29. The van der Waals surface area contributed by atoms with E-state index in [0.29, 0.717) is 4.88 Å². The van der Waals surface area contributed by atoms with Crippen molar-refractivity contribution >= 4 is 17.3 Å². The molecule has 1 aromatic rings. The summed E-state index contributed by atoms with van der Waals surface area (Å²) in [5.41, 5.74) is 1.12. The van der Waals surface area contributed by atoms with Crippen LogP contribution in [0.1, 0.15) is 78.4 Å². The molecule has 120 valence electrons. The van der Waals surface area contributed by atoms with E-state index in [0.717, 1.165) is 23.5 Å². The molecule has 0 aliphatic rings. The molecule has 2 N–H and O–H groups in total. The van der Waals surface area contributed by atoms with E-state index >= 15 is 0 Å². The predicted molar refractivity (Wildman–Crippen MR) is 90.3 cm³/mol. The van der Waals surface area contributed by atoms with Crippen molar-refractivity contribution < 1.29 is 9.90 Å². The Morgan fingerprint density at radius 3 is 2.33 bits per heavy atom. The lowest BCUT2D eigenvalue weighted by atomic mass is 10.1. The number of unbranched alkanes of at least 4 members (excludes halogenated alkanes) is 7. The Bertz CT molecular complexity index is 415. The van der Waals surface area contributed by atoms with E-state index in [9.17, 15) is 4.79 Å². The number of hydrogen-bond donors (Lipinski definition) is 2. The Morgan fingerprint density at radius 2 is 1.76 bits per heavy atom. The summed E-state index contributed by atoms with van der Waals surface area (Å²) >= 11 is 1.36. The van der Waals surface area contributed by atoms with Crippen LogP contribution < -0.4 is 5.32 Å². The molecule has 0 aliphatic carbocycles. The third-order valence-corrected chi connectivity index (χ3v) is 4.83. The van der Waals surface area contributed by atoms with Gasteiger partial charge in [-0.25, -0.2) is 4.79 Å². The topological polar surface area (TPSA) is 49.3 Å². The van der Waals surface area contributed by atoms with E-state index in [1.807, 2.05) is 6.92 Å². The molecule has 3 nitrogen and oxygen atoms in total. The van der Waals surface area contributed by atoms with Gasteiger partial charge in [-0.2, -0.15) is 0 Å². The molecule has 0 unspecified atom stereocenters. The third-order valence-electron chi connectivity index (χ3n) is 3.75. The molecular weight excluding hydrogens is 282 g/mol. The lowest BCUT2D eigenvalue weighted by Gasteiger charge is -2.04. The highest BCUT2D eigenvalue weighted by Gasteiger charge is 2.10. The molecule has 0 amide bonds. The van der Waals surface area contributed by atoms with Gasteiger partial charge in [0.15, 0.2) is 0 Å².